The minimum absolute atomic E-state index is 0.382. The van der Waals surface area contributed by atoms with Crippen molar-refractivity contribution < 1.29 is 25.2 Å². The van der Waals surface area contributed by atoms with Crippen LogP contribution in [0.3, 0.4) is 0 Å². The molecule has 4 N–H and O–H groups in total. The van der Waals surface area contributed by atoms with E-state index in [1.54, 1.807) is 0 Å². The fourth-order valence-electron chi connectivity index (χ4n) is 2.37. The van der Waals surface area contributed by atoms with Gasteiger partial charge in [-0.3, -0.25) is 0 Å². The standard InChI is InChI=1S/C14H20O5/c15-8-11-13(17)14(18)12(16)10(19-11)7-6-9-4-2-1-3-5-9/h1-5,10-18H,6-8H2/t10-,11-,12+,13-,14-/m1/s1. The number of ether oxygens (including phenoxy) is 1. The van der Waals surface area contributed by atoms with Crippen LogP contribution >= 0.6 is 0 Å². The summed E-state index contributed by atoms with van der Waals surface area (Å²) in [6, 6.07) is 9.75. The maximum atomic E-state index is 9.88. The van der Waals surface area contributed by atoms with E-state index in [1.165, 1.54) is 0 Å². The highest BCUT2D eigenvalue weighted by Gasteiger charge is 2.42. The molecule has 2 rings (SSSR count). The Balaban J connectivity index is 1.95. The summed E-state index contributed by atoms with van der Waals surface area (Å²) in [6.45, 7) is -0.382. The van der Waals surface area contributed by atoms with Crippen LogP contribution < -0.4 is 0 Å². The Morgan fingerprint density at radius 1 is 0.895 bits per heavy atom. The molecule has 1 aliphatic rings. The number of aliphatic hydroxyl groups excluding tert-OH is 4. The molecule has 0 aromatic heterocycles. The second-order valence-corrected chi connectivity index (χ2v) is 4.89. The summed E-state index contributed by atoms with van der Waals surface area (Å²) in [5, 5.41) is 38.3. The summed E-state index contributed by atoms with van der Waals surface area (Å²) >= 11 is 0. The van der Waals surface area contributed by atoms with Crippen LogP contribution in [-0.2, 0) is 11.2 Å². The van der Waals surface area contributed by atoms with E-state index >= 15 is 0 Å². The summed E-state index contributed by atoms with van der Waals surface area (Å²) in [6.07, 6.45) is -3.90. The fourth-order valence-corrected chi connectivity index (χ4v) is 2.37. The summed E-state index contributed by atoms with van der Waals surface area (Å²) < 4.78 is 5.44. The van der Waals surface area contributed by atoms with Crippen LogP contribution in [0.25, 0.3) is 0 Å². The van der Waals surface area contributed by atoms with E-state index in [0.29, 0.717) is 12.8 Å². The van der Waals surface area contributed by atoms with Crippen LogP contribution in [0.2, 0.25) is 0 Å². The van der Waals surface area contributed by atoms with Gasteiger partial charge in [0.25, 0.3) is 0 Å². The van der Waals surface area contributed by atoms with Gasteiger partial charge >= 0.3 is 0 Å². The van der Waals surface area contributed by atoms with Crippen molar-refractivity contribution in [3.8, 4) is 0 Å². The van der Waals surface area contributed by atoms with Gasteiger partial charge in [-0.1, -0.05) is 30.3 Å². The molecule has 19 heavy (non-hydrogen) atoms. The van der Waals surface area contributed by atoms with Crippen LogP contribution in [-0.4, -0.2) is 57.6 Å². The van der Waals surface area contributed by atoms with Crippen molar-refractivity contribution in [3.63, 3.8) is 0 Å². The van der Waals surface area contributed by atoms with Crippen molar-refractivity contribution in [3.05, 3.63) is 35.9 Å². The fraction of sp³-hybridized carbons (Fsp3) is 0.571. The molecule has 0 bridgehead atoms. The Bertz CT molecular complexity index is 381. The van der Waals surface area contributed by atoms with E-state index < -0.39 is 30.5 Å². The van der Waals surface area contributed by atoms with Crippen LogP contribution in [0.15, 0.2) is 30.3 Å². The second-order valence-electron chi connectivity index (χ2n) is 4.89. The zero-order valence-corrected chi connectivity index (χ0v) is 10.6. The molecule has 1 aromatic rings. The lowest BCUT2D eigenvalue weighted by Crippen LogP contribution is -2.58. The molecule has 0 amide bonds. The SMILES string of the molecule is OC[C@H]1O[C@H](CCc2ccccc2)[C@H](O)[C@@H](O)[C@@H]1O. The monoisotopic (exact) mass is 268 g/mol. The van der Waals surface area contributed by atoms with Crippen molar-refractivity contribution in [1.82, 2.24) is 0 Å². The van der Waals surface area contributed by atoms with Crippen molar-refractivity contribution in [2.75, 3.05) is 6.61 Å². The van der Waals surface area contributed by atoms with Crippen LogP contribution in [0.4, 0.5) is 0 Å². The molecule has 1 fully saturated rings. The van der Waals surface area contributed by atoms with Crippen molar-refractivity contribution in [1.29, 1.82) is 0 Å². The highest BCUT2D eigenvalue weighted by molar-refractivity contribution is 5.15. The molecule has 1 aromatic carbocycles. The van der Waals surface area contributed by atoms with E-state index in [2.05, 4.69) is 0 Å². The highest BCUT2D eigenvalue weighted by Crippen LogP contribution is 2.24. The second kappa shape index (κ2) is 6.45. The first-order chi connectivity index (χ1) is 9.13. The first-order valence-corrected chi connectivity index (χ1v) is 6.48. The zero-order valence-electron chi connectivity index (χ0n) is 10.6. The third kappa shape index (κ3) is 3.32. The molecule has 106 valence electrons. The Kier molecular flexibility index (Phi) is 4.90. The minimum atomic E-state index is -1.29. The Morgan fingerprint density at radius 2 is 1.53 bits per heavy atom. The highest BCUT2D eigenvalue weighted by atomic mass is 16.5. The Hall–Kier alpha value is -0.980. The first kappa shape index (κ1) is 14.4. The third-order valence-electron chi connectivity index (χ3n) is 3.55. The number of hydrogen-bond donors (Lipinski definition) is 4. The van der Waals surface area contributed by atoms with Gasteiger partial charge in [-0.15, -0.1) is 0 Å². The largest absolute Gasteiger partial charge is 0.394 e. The number of aryl methyl sites for hydroxylation is 1. The molecule has 0 saturated carbocycles. The summed E-state index contributed by atoms with van der Waals surface area (Å²) in [4.78, 5) is 0. The van der Waals surface area contributed by atoms with Crippen molar-refractivity contribution in [2.45, 2.75) is 43.4 Å². The molecule has 1 heterocycles. The molecule has 1 saturated heterocycles. The summed E-state index contributed by atoms with van der Waals surface area (Å²) in [5.41, 5.74) is 1.11. The third-order valence-corrected chi connectivity index (χ3v) is 3.55. The average Bonchev–Trinajstić information content (AvgIpc) is 2.45. The minimum Gasteiger partial charge on any atom is -0.394 e. The van der Waals surface area contributed by atoms with Gasteiger partial charge in [0.1, 0.15) is 24.4 Å². The number of benzene rings is 1. The van der Waals surface area contributed by atoms with E-state index in [9.17, 15) is 15.3 Å². The van der Waals surface area contributed by atoms with Gasteiger partial charge < -0.3 is 25.2 Å². The van der Waals surface area contributed by atoms with Gasteiger partial charge in [-0.2, -0.15) is 0 Å². The maximum Gasteiger partial charge on any atom is 0.111 e. The molecule has 0 spiro atoms. The normalized spacial score (nSPS) is 35.3. The van der Waals surface area contributed by atoms with Gasteiger partial charge in [-0.25, -0.2) is 0 Å². The predicted octanol–water partition coefficient (Wildman–Crippen LogP) is -0.538. The molecule has 5 atom stereocenters. The molecule has 0 aliphatic carbocycles. The molecule has 0 radical (unpaired) electrons. The van der Waals surface area contributed by atoms with Gasteiger partial charge in [0, 0.05) is 0 Å². The number of rotatable bonds is 4. The van der Waals surface area contributed by atoms with Crippen molar-refractivity contribution in [2.24, 2.45) is 0 Å². The quantitative estimate of drug-likeness (QED) is 0.589. The average molecular weight is 268 g/mol. The zero-order chi connectivity index (χ0) is 13.8. The Morgan fingerprint density at radius 3 is 2.16 bits per heavy atom. The van der Waals surface area contributed by atoms with Crippen molar-refractivity contribution >= 4 is 0 Å². The lowest BCUT2D eigenvalue weighted by molar-refractivity contribution is -0.230. The molecule has 1 aliphatic heterocycles. The molecular formula is C14H20O5. The Labute approximate surface area is 112 Å². The lowest BCUT2D eigenvalue weighted by atomic mass is 9.92. The van der Waals surface area contributed by atoms with Gasteiger partial charge in [0.2, 0.25) is 0 Å². The topological polar surface area (TPSA) is 90.2 Å². The van der Waals surface area contributed by atoms with Gasteiger partial charge in [0.15, 0.2) is 0 Å². The van der Waals surface area contributed by atoms with E-state index in [1.807, 2.05) is 30.3 Å². The summed E-state index contributed by atoms with van der Waals surface area (Å²) in [5.74, 6) is 0. The number of aliphatic hydroxyl groups is 4. The van der Waals surface area contributed by atoms with Crippen LogP contribution in [0.1, 0.15) is 12.0 Å². The predicted molar refractivity (Wildman–Crippen MR) is 68.5 cm³/mol. The molecule has 0 unspecified atom stereocenters. The van der Waals surface area contributed by atoms with Crippen LogP contribution in [0, 0.1) is 0 Å². The smallest absolute Gasteiger partial charge is 0.111 e. The molecular weight excluding hydrogens is 248 g/mol. The van der Waals surface area contributed by atoms with Gasteiger partial charge in [0.05, 0.1) is 12.7 Å². The lowest BCUT2D eigenvalue weighted by Gasteiger charge is -2.40. The number of hydrogen-bond acceptors (Lipinski definition) is 5. The molecule has 5 heteroatoms. The summed E-state index contributed by atoms with van der Waals surface area (Å²) in [7, 11) is 0. The molecule has 5 nitrogen and oxygen atoms in total. The van der Waals surface area contributed by atoms with Crippen LogP contribution in [0.5, 0.6) is 0 Å². The maximum absolute atomic E-state index is 9.88. The van der Waals surface area contributed by atoms with E-state index in [0.717, 1.165) is 5.56 Å². The van der Waals surface area contributed by atoms with E-state index in [4.69, 9.17) is 9.84 Å². The van der Waals surface area contributed by atoms with Gasteiger partial charge in [-0.05, 0) is 18.4 Å². The first-order valence-electron chi connectivity index (χ1n) is 6.48. The van der Waals surface area contributed by atoms with E-state index in [-0.39, 0.29) is 6.61 Å².